The first kappa shape index (κ1) is 14.4. The topological polar surface area (TPSA) is 26.3 Å². The lowest BCUT2D eigenvalue weighted by Crippen LogP contribution is -2.17. The van der Waals surface area contributed by atoms with Crippen molar-refractivity contribution in [2.75, 3.05) is 0 Å². The second-order valence-corrected chi connectivity index (χ2v) is 4.34. The van der Waals surface area contributed by atoms with Gasteiger partial charge in [-0.15, -0.1) is 13.2 Å². The third-order valence-corrected chi connectivity index (χ3v) is 2.87. The lowest BCUT2D eigenvalue weighted by Gasteiger charge is -2.10. The molecule has 2 rings (SSSR count). The minimum Gasteiger partial charge on any atom is -0.406 e. The zero-order valence-electron chi connectivity index (χ0n) is 9.95. The molecule has 0 atom stereocenters. The van der Waals surface area contributed by atoms with Crippen LogP contribution in [0.2, 0.25) is 5.02 Å². The predicted octanol–water partition coefficient (Wildman–Crippen LogP) is 4.72. The Morgan fingerprint density at radius 2 is 1.75 bits per heavy atom. The largest absolute Gasteiger partial charge is 0.573 e. The molecule has 0 saturated heterocycles. The number of carbonyl (C=O) groups is 1. The van der Waals surface area contributed by atoms with Crippen LogP contribution >= 0.6 is 11.6 Å². The summed E-state index contributed by atoms with van der Waals surface area (Å²) in [5.41, 5.74) is 1.34. The fraction of sp³-hybridized carbons (Fsp3) is 0.0714. The molecule has 0 aliphatic carbocycles. The van der Waals surface area contributed by atoms with E-state index in [1.165, 1.54) is 30.3 Å². The van der Waals surface area contributed by atoms with Gasteiger partial charge in [-0.2, -0.15) is 0 Å². The lowest BCUT2D eigenvalue weighted by atomic mass is 10.0. The smallest absolute Gasteiger partial charge is 0.406 e. The number of benzene rings is 2. The van der Waals surface area contributed by atoms with Crippen LogP contribution in [0.4, 0.5) is 13.2 Å². The molecule has 2 aromatic rings. The zero-order chi connectivity index (χ0) is 14.8. The Hall–Kier alpha value is -2.01. The van der Waals surface area contributed by atoms with Gasteiger partial charge in [-0.1, -0.05) is 29.8 Å². The molecule has 0 bridgehead atoms. The fourth-order valence-corrected chi connectivity index (χ4v) is 1.85. The molecular formula is C14H8ClF3O2. The molecule has 2 aromatic carbocycles. The van der Waals surface area contributed by atoms with Gasteiger partial charge in [-0.05, 0) is 35.4 Å². The fourth-order valence-electron chi connectivity index (χ4n) is 1.69. The van der Waals surface area contributed by atoms with Crippen molar-refractivity contribution in [2.24, 2.45) is 0 Å². The summed E-state index contributed by atoms with van der Waals surface area (Å²) in [5.74, 6) is -0.322. The van der Waals surface area contributed by atoms with Crippen LogP contribution in [0.15, 0.2) is 42.5 Å². The van der Waals surface area contributed by atoms with Crippen LogP contribution in [0, 0.1) is 0 Å². The van der Waals surface area contributed by atoms with Crippen molar-refractivity contribution in [3.8, 4) is 16.9 Å². The van der Waals surface area contributed by atoms with Crippen molar-refractivity contribution in [2.45, 2.75) is 6.36 Å². The highest BCUT2D eigenvalue weighted by atomic mass is 35.5. The van der Waals surface area contributed by atoms with Gasteiger partial charge in [-0.3, -0.25) is 4.79 Å². The second kappa shape index (κ2) is 5.54. The Morgan fingerprint density at radius 1 is 1.05 bits per heavy atom. The van der Waals surface area contributed by atoms with Crippen molar-refractivity contribution in [3.63, 3.8) is 0 Å². The molecule has 6 heteroatoms. The number of ether oxygens (including phenoxy) is 1. The predicted molar refractivity (Wildman–Crippen MR) is 69.0 cm³/mol. The van der Waals surface area contributed by atoms with E-state index < -0.39 is 6.36 Å². The van der Waals surface area contributed by atoms with E-state index in [2.05, 4.69) is 4.74 Å². The van der Waals surface area contributed by atoms with E-state index in [9.17, 15) is 18.0 Å². The normalized spacial score (nSPS) is 11.2. The first-order chi connectivity index (χ1) is 9.39. The quantitative estimate of drug-likeness (QED) is 0.767. The summed E-state index contributed by atoms with van der Waals surface area (Å²) >= 11 is 5.80. The average Bonchev–Trinajstić information content (AvgIpc) is 2.37. The van der Waals surface area contributed by atoms with Crippen molar-refractivity contribution in [1.82, 2.24) is 0 Å². The highest BCUT2D eigenvalue weighted by Gasteiger charge is 2.31. The summed E-state index contributed by atoms with van der Waals surface area (Å²) in [6.07, 6.45) is -4.16. The second-order valence-electron chi connectivity index (χ2n) is 3.93. The van der Waals surface area contributed by atoms with Gasteiger partial charge in [-0.25, -0.2) is 0 Å². The summed E-state index contributed by atoms with van der Waals surface area (Å²) in [4.78, 5) is 10.8. The highest BCUT2D eigenvalue weighted by molar-refractivity contribution is 6.33. The molecule has 0 fully saturated rings. The molecule has 0 spiro atoms. The molecule has 0 aliphatic heterocycles. The van der Waals surface area contributed by atoms with Gasteiger partial charge in [0.25, 0.3) is 0 Å². The van der Waals surface area contributed by atoms with Gasteiger partial charge in [0.2, 0.25) is 0 Å². The minimum atomic E-state index is -4.74. The Bertz CT molecular complexity index is 639. The molecule has 0 saturated carbocycles. The Morgan fingerprint density at radius 3 is 2.40 bits per heavy atom. The molecule has 0 unspecified atom stereocenters. The van der Waals surface area contributed by atoms with Gasteiger partial charge < -0.3 is 4.74 Å². The van der Waals surface area contributed by atoms with Crippen LogP contribution in [0.3, 0.4) is 0 Å². The van der Waals surface area contributed by atoms with Crippen LogP contribution < -0.4 is 4.74 Å². The van der Waals surface area contributed by atoms with Gasteiger partial charge >= 0.3 is 6.36 Å². The molecule has 104 valence electrons. The number of halogens is 4. The van der Waals surface area contributed by atoms with E-state index in [4.69, 9.17) is 11.6 Å². The third-order valence-electron chi connectivity index (χ3n) is 2.52. The molecule has 0 amide bonds. The minimum absolute atomic E-state index is 0.270. The number of aldehydes is 1. The first-order valence-electron chi connectivity index (χ1n) is 5.50. The van der Waals surface area contributed by atoms with Gasteiger partial charge in [0.1, 0.15) is 5.75 Å². The third kappa shape index (κ3) is 3.51. The Labute approximate surface area is 117 Å². The maximum atomic E-state index is 12.2. The van der Waals surface area contributed by atoms with Gasteiger partial charge in [0, 0.05) is 5.56 Å². The van der Waals surface area contributed by atoms with Crippen molar-refractivity contribution in [1.29, 1.82) is 0 Å². The molecule has 2 nitrogen and oxygen atoms in total. The van der Waals surface area contributed by atoms with Crippen LogP contribution in [0.1, 0.15) is 10.4 Å². The van der Waals surface area contributed by atoms with Crippen molar-refractivity contribution in [3.05, 3.63) is 53.1 Å². The molecule has 0 heterocycles. The van der Waals surface area contributed by atoms with Gasteiger partial charge in [0.05, 0.1) is 5.02 Å². The number of rotatable bonds is 3. The number of hydrogen-bond acceptors (Lipinski definition) is 2. The zero-order valence-corrected chi connectivity index (χ0v) is 10.7. The summed E-state index contributed by atoms with van der Waals surface area (Å²) < 4.78 is 40.3. The summed E-state index contributed by atoms with van der Waals surface area (Å²) in [6, 6.07) is 10.1. The summed E-state index contributed by atoms with van der Waals surface area (Å²) in [5, 5.41) is 0.284. The molecule has 0 aromatic heterocycles. The van der Waals surface area contributed by atoms with Crippen LogP contribution in [-0.2, 0) is 0 Å². The van der Waals surface area contributed by atoms with Crippen molar-refractivity contribution >= 4 is 17.9 Å². The molecule has 0 aliphatic rings. The van der Waals surface area contributed by atoms with Crippen LogP contribution in [0.25, 0.3) is 11.1 Å². The van der Waals surface area contributed by atoms with Crippen LogP contribution in [0.5, 0.6) is 5.75 Å². The highest BCUT2D eigenvalue weighted by Crippen LogP contribution is 2.29. The summed E-state index contributed by atoms with van der Waals surface area (Å²) in [7, 11) is 0. The number of alkyl halides is 3. The molecular weight excluding hydrogens is 293 g/mol. The first-order valence-corrected chi connectivity index (χ1v) is 5.88. The molecule has 20 heavy (non-hydrogen) atoms. The van der Waals surface area contributed by atoms with E-state index >= 15 is 0 Å². The van der Waals surface area contributed by atoms with E-state index in [0.717, 1.165) is 0 Å². The monoisotopic (exact) mass is 300 g/mol. The SMILES string of the molecule is O=Cc1cc(-c2cccc(OC(F)(F)F)c2)ccc1Cl. The number of hydrogen-bond donors (Lipinski definition) is 0. The van der Waals surface area contributed by atoms with E-state index in [-0.39, 0.29) is 16.3 Å². The maximum absolute atomic E-state index is 12.2. The standard InChI is InChI=1S/C14H8ClF3O2/c15-13-5-4-10(6-11(13)8-19)9-2-1-3-12(7-9)20-14(16,17)18/h1-8H. The molecule has 0 radical (unpaired) electrons. The average molecular weight is 301 g/mol. The van der Waals surface area contributed by atoms with E-state index in [1.807, 2.05) is 0 Å². The van der Waals surface area contributed by atoms with Crippen LogP contribution in [-0.4, -0.2) is 12.6 Å². The lowest BCUT2D eigenvalue weighted by molar-refractivity contribution is -0.274. The maximum Gasteiger partial charge on any atom is 0.573 e. The summed E-state index contributed by atoms with van der Waals surface area (Å²) in [6.45, 7) is 0. The molecule has 0 N–H and O–H groups in total. The van der Waals surface area contributed by atoms with E-state index in [0.29, 0.717) is 17.4 Å². The number of carbonyl (C=O) groups excluding carboxylic acids is 1. The Balaban J connectivity index is 2.38. The Kier molecular flexibility index (Phi) is 3.99. The van der Waals surface area contributed by atoms with Crippen molar-refractivity contribution < 1.29 is 22.7 Å². The van der Waals surface area contributed by atoms with E-state index in [1.54, 1.807) is 12.1 Å². The van der Waals surface area contributed by atoms with Gasteiger partial charge in [0.15, 0.2) is 6.29 Å².